The summed E-state index contributed by atoms with van der Waals surface area (Å²) < 4.78 is 2.01. The Hall–Kier alpha value is -0.540. The normalized spacial score (nSPS) is 17.1. The summed E-state index contributed by atoms with van der Waals surface area (Å²) in [5, 5.41) is 8.92. The van der Waals surface area contributed by atoms with Crippen LogP contribution < -0.4 is 5.32 Å². The average Bonchev–Trinajstić information content (AvgIpc) is 3.14. The molecule has 102 valence electrons. The first kappa shape index (κ1) is 13.9. The molecule has 1 heterocycles. The van der Waals surface area contributed by atoms with Crippen LogP contribution in [0.25, 0.3) is 0 Å². The zero-order chi connectivity index (χ0) is 13.1. The van der Waals surface area contributed by atoms with Gasteiger partial charge in [0.05, 0.1) is 16.4 Å². The van der Waals surface area contributed by atoms with Crippen molar-refractivity contribution in [3.8, 4) is 0 Å². The predicted molar refractivity (Wildman–Crippen MR) is 75.9 cm³/mol. The summed E-state index contributed by atoms with van der Waals surface area (Å²) in [5.41, 5.74) is 2.07. The molecule has 0 amide bonds. The van der Waals surface area contributed by atoms with Crippen molar-refractivity contribution in [3.63, 3.8) is 0 Å². The first-order valence-corrected chi connectivity index (χ1v) is 7.48. The van der Waals surface area contributed by atoms with Gasteiger partial charge in [0, 0.05) is 19.1 Å². The Morgan fingerprint density at radius 1 is 1.44 bits per heavy atom. The summed E-state index contributed by atoms with van der Waals surface area (Å²) >= 11 is 6.31. The van der Waals surface area contributed by atoms with Gasteiger partial charge in [0.1, 0.15) is 0 Å². The number of halogens is 1. The minimum atomic E-state index is 0.620. The van der Waals surface area contributed by atoms with Crippen LogP contribution in [0.2, 0.25) is 5.02 Å². The van der Waals surface area contributed by atoms with Gasteiger partial charge < -0.3 is 5.32 Å². The number of aryl methyl sites for hydroxylation is 2. The highest BCUT2D eigenvalue weighted by atomic mass is 35.5. The van der Waals surface area contributed by atoms with Crippen molar-refractivity contribution < 1.29 is 0 Å². The Morgan fingerprint density at radius 3 is 2.72 bits per heavy atom. The molecule has 0 saturated heterocycles. The van der Waals surface area contributed by atoms with Crippen LogP contribution in [-0.2, 0) is 13.1 Å². The van der Waals surface area contributed by atoms with Crippen LogP contribution in [0.4, 0.5) is 0 Å². The molecule has 1 atom stereocenters. The Bertz CT molecular complexity index is 396. The van der Waals surface area contributed by atoms with E-state index >= 15 is 0 Å². The summed E-state index contributed by atoms with van der Waals surface area (Å²) in [5.74, 6) is 0.968. The third kappa shape index (κ3) is 3.27. The van der Waals surface area contributed by atoms with E-state index in [2.05, 4.69) is 24.3 Å². The van der Waals surface area contributed by atoms with Crippen LogP contribution in [-0.4, -0.2) is 15.8 Å². The second-order valence-corrected chi connectivity index (χ2v) is 5.70. The molecule has 1 N–H and O–H groups in total. The number of rotatable bonds is 7. The maximum absolute atomic E-state index is 6.31. The van der Waals surface area contributed by atoms with Gasteiger partial charge in [-0.1, -0.05) is 31.4 Å². The number of hydrogen-bond donors (Lipinski definition) is 1. The lowest BCUT2D eigenvalue weighted by atomic mass is 10.1. The van der Waals surface area contributed by atoms with Gasteiger partial charge in [-0.15, -0.1) is 0 Å². The molecule has 0 spiro atoms. The van der Waals surface area contributed by atoms with Gasteiger partial charge in [-0.3, -0.25) is 4.68 Å². The molecular formula is C14H24ClN3. The molecule has 1 aliphatic carbocycles. The van der Waals surface area contributed by atoms with E-state index in [9.17, 15) is 0 Å². The lowest BCUT2D eigenvalue weighted by molar-refractivity contribution is 0.434. The van der Waals surface area contributed by atoms with Crippen molar-refractivity contribution in [2.75, 3.05) is 0 Å². The molecule has 1 unspecified atom stereocenters. The molecule has 0 aromatic carbocycles. The summed E-state index contributed by atoms with van der Waals surface area (Å²) in [6, 6.07) is 0.620. The largest absolute Gasteiger partial charge is 0.308 e. The molecule has 1 aromatic rings. The van der Waals surface area contributed by atoms with Crippen molar-refractivity contribution in [2.24, 2.45) is 5.92 Å². The maximum Gasteiger partial charge on any atom is 0.0860 e. The molecule has 0 aliphatic heterocycles. The van der Waals surface area contributed by atoms with Crippen molar-refractivity contribution >= 4 is 11.6 Å². The van der Waals surface area contributed by atoms with Crippen LogP contribution >= 0.6 is 11.6 Å². The van der Waals surface area contributed by atoms with Crippen molar-refractivity contribution in [3.05, 3.63) is 16.4 Å². The van der Waals surface area contributed by atoms with Crippen LogP contribution in [0.3, 0.4) is 0 Å². The van der Waals surface area contributed by atoms with Crippen LogP contribution in [0.5, 0.6) is 0 Å². The Morgan fingerprint density at radius 2 is 2.17 bits per heavy atom. The van der Waals surface area contributed by atoms with E-state index in [4.69, 9.17) is 11.6 Å². The minimum absolute atomic E-state index is 0.620. The van der Waals surface area contributed by atoms with Crippen molar-refractivity contribution in [1.82, 2.24) is 15.1 Å². The third-order valence-corrected chi connectivity index (χ3v) is 4.31. The fraction of sp³-hybridized carbons (Fsp3) is 0.786. The molecule has 1 saturated carbocycles. The van der Waals surface area contributed by atoms with Crippen molar-refractivity contribution in [1.29, 1.82) is 0 Å². The fourth-order valence-electron chi connectivity index (χ4n) is 2.43. The molecule has 3 nitrogen and oxygen atoms in total. The quantitative estimate of drug-likeness (QED) is 0.821. The van der Waals surface area contributed by atoms with E-state index in [0.717, 1.165) is 35.4 Å². The minimum Gasteiger partial charge on any atom is -0.308 e. The van der Waals surface area contributed by atoms with Crippen LogP contribution in [0, 0.1) is 12.8 Å². The van der Waals surface area contributed by atoms with Gasteiger partial charge in [0.25, 0.3) is 0 Å². The van der Waals surface area contributed by atoms with Gasteiger partial charge in [-0.05, 0) is 32.6 Å². The second kappa shape index (κ2) is 6.07. The first-order chi connectivity index (χ1) is 8.65. The summed E-state index contributed by atoms with van der Waals surface area (Å²) in [7, 11) is 0. The van der Waals surface area contributed by atoms with E-state index in [1.807, 2.05) is 11.6 Å². The Balaban J connectivity index is 1.95. The molecule has 0 bridgehead atoms. The number of nitrogens with one attached hydrogen (secondary N) is 1. The van der Waals surface area contributed by atoms with Gasteiger partial charge in [-0.2, -0.15) is 5.10 Å². The lowest BCUT2D eigenvalue weighted by Gasteiger charge is -2.17. The first-order valence-electron chi connectivity index (χ1n) is 7.10. The molecule has 0 radical (unpaired) electrons. The third-order valence-electron chi connectivity index (χ3n) is 3.82. The van der Waals surface area contributed by atoms with Gasteiger partial charge in [-0.25, -0.2) is 0 Å². The van der Waals surface area contributed by atoms with Gasteiger partial charge >= 0.3 is 0 Å². The lowest BCUT2D eigenvalue weighted by Crippen LogP contribution is -2.29. The standard InChI is InChI=1S/C14H24ClN3/c1-4-12(8-11-6-7-11)16-9-13-14(15)10(3)17-18(13)5-2/h11-12,16H,4-9H2,1-3H3. The van der Waals surface area contributed by atoms with E-state index in [-0.39, 0.29) is 0 Å². The van der Waals surface area contributed by atoms with E-state index in [0.29, 0.717) is 6.04 Å². The highest BCUT2D eigenvalue weighted by Crippen LogP contribution is 2.34. The average molecular weight is 270 g/mol. The summed E-state index contributed by atoms with van der Waals surface area (Å²) in [6.07, 6.45) is 5.34. The summed E-state index contributed by atoms with van der Waals surface area (Å²) in [4.78, 5) is 0. The maximum atomic E-state index is 6.31. The molecule has 1 aliphatic rings. The zero-order valence-electron chi connectivity index (χ0n) is 11.7. The molecule has 2 rings (SSSR count). The number of hydrogen-bond acceptors (Lipinski definition) is 2. The van der Waals surface area contributed by atoms with Crippen molar-refractivity contribution in [2.45, 2.75) is 65.6 Å². The smallest absolute Gasteiger partial charge is 0.0860 e. The summed E-state index contributed by atoms with van der Waals surface area (Å²) in [6.45, 7) is 8.04. The number of aromatic nitrogens is 2. The monoisotopic (exact) mass is 269 g/mol. The second-order valence-electron chi connectivity index (χ2n) is 5.33. The van der Waals surface area contributed by atoms with Crippen LogP contribution in [0.15, 0.2) is 0 Å². The van der Waals surface area contributed by atoms with Crippen LogP contribution in [0.1, 0.15) is 50.9 Å². The van der Waals surface area contributed by atoms with Gasteiger partial charge in [0.15, 0.2) is 0 Å². The van der Waals surface area contributed by atoms with E-state index < -0.39 is 0 Å². The molecular weight excluding hydrogens is 246 g/mol. The fourth-order valence-corrected chi connectivity index (χ4v) is 2.63. The Labute approximate surface area is 115 Å². The SMILES string of the molecule is CCC(CC1CC1)NCc1c(Cl)c(C)nn1CC. The zero-order valence-corrected chi connectivity index (χ0v) is 12.4. The highest BCUT2D eigenvalue weighted by Gasteiger charge is 2.24. The Kier molecular flexibility index (Phi) is 4.68. The molecule has 18 heavy (non-hydrogen) atoms. The molecule has 1 aromatic heterocycles. The number of nitrogens with zero attached hydrogens (tertiary/aromatic N) is 2. The molecule has 4 heteroatoms. The van der Waals surface area contributed by atoms with Gasteiger partial charge in [0.2, 0.25) is 0 Å². The van der Waals surface area contributed by atoms with E-state index in [1.165, 1.54) is 25.7 Å². The molecule has 1 fully saturated rings. The highest BCUT2D eigenvalue weighted by molar-refractivity contribution is 6.31. The van der Waals surface area contributed by atoms with E-state index in [1.54, 1.807) is 0 Å². The predicted octanol–water partition coefficient (Wildman–Crippen LogP) is 3.53. The topological polar surface area (TPSA) is 29.9 Å².